The Morgan fingerprint density at radius 1 is 1.38 bits per heavy atom. The molecule has 1 aromatic heterocycles. The first-order chi connectivity index (χ1) is 10.1. The molecule has 3 rings (SSSR count). The number of halogens is 2. The zero-order chi connectivity index (χ0) is 14.8. The molecule has 1 aliphatic heterocycles. The van der Waals surface area contributed by atoms with Gasteiger partial charge in [-0.3, -0.25) is 0 Å². The van der Waals surface area contributed by atoms with Crippen molar-refractivity contribution in [1.29, 1.82) is 0 Å². The van der Waals surface area contributed by atoms with E-state index < -0.39 is 5.82 Å². The van der Waals surface area contributed by atoms with Crippen LogP contribution in [0.2, 0.25) is 5.28 Å². The monoisotopic (exact) mass is 307 g/mol. The predicted octanol–water partition coefficient (Wildman–Crippen LogP) is 2.90. The largest absolute Gasteiger partial charge is 0.391 e. The Bertz CT molecular complexity index is 653. The third-order valence-electron chi connectivity index (χ3n) is 3.60. The highest BCUT2D eigenvalue weighted by Crippen LogP contribution is 2.27. The van der Waals surface area contributed by atoms with E-state index in [1.54, 1.807) is 6.07 Å². The quantitative estimate of drug-likeness (QED) is 0.867. The van der Waals surface area contributed by atoms with Gasteiger partial charge < -0.3 is 10.0 Å². The second-order valence-electron chi connectivity index (χ2n) is 5.13. The van der Waals surface area contributed by atoms with Crippen molar-refractivity contribution in [3.63, 3.8) is 0 Å². The molecule has 2 aromatic rings. The molecule has 0 spiro atoms. The average Bonchev–Trinajstić information content (AvgIpc) is 2.50. The Balaban J connectivity index is 1.94. The smallest absolute Gasteiger partial charge is 0.223 e. The zero-order valence-electron chi connectivity index (χ0n) is 11.3. The molecule has 0 aliphatic carbocycles. The van der Waals surface area contributed by atoms with Crippen LogP contribution in [-0.2, 0) is 0 Å². The molecule has 1 fully saturated rings. The fourth-order valence-electron chi connectivity index (χ4n) is 2.59. The number of hydrogen-bond donors (Lipinski definition) is 1. The highest BCUT2D eigenvalue weighted by atomic mass is 35.5. The van der Waals surface area contributed by atoms with Gasteiger partial charge in [0, 0.05) is 24.3 Å². The summed E-state index contributed by atoms with van der Waals surface area (Å²) < 4.78 is 13.9. The molecule has 1 aromatic carbocycles. The van der Waals surface area contributed by atoms with Crippen LogP contribution in [0.5, 0.6) is 0 Å². The Morgan fingerprint density at radius 3 is 3.05 bits per heavy atom. The molecule has 110 valence electrons. The van der Waals surface area contributed by atoms with Crippen LogP contribution in [0, 0.1) is 5.82 Å². The lowest BCUT2D eigenvalue weighted by Crippen LogP contribution is -2.38. The van der Waals surface area contributed by atoms with E-state index >= 15 is 0 Å². The number of aromatic nitrogens is 2. The molecule has 0 amide bonds. The van der Waals surface area contributed by atoms with Gasteiger partial charge in [0.1, 0.15) is 5.69 Å². The molecule has 0 bridgehead atoms. The third-order valence-corrected chi connectivity index (χ3v) is 3.78. The van der Waals surface area contributed by atoms with Crippen LogP contribution >= 0.6 is 11.6 Å². The van der Waals surface area contributed by atoms with Gasteiger partial charge in [-0.05, 0) is 36.6 Å². The van der Waals surface area contributed by atoms with Gasteiger partial charge >= 0.3 is 0 Å². The topological polar surface area (TPSA) is 49.2 Å². The first-order valence-electron chi connectivity index (χ1n) is 6.85. The number of hydrogen-bond acceptors (Lipinski definition) is 4. The molecule has 1 saturated heterocycles. The van der Waals surface area contributed by atoms with Crippen molar-refractivity contribution in [1.82, 2.24) is 9.97 Å². The van der Waals surface area contributed by atoms with Crippen molar-refractivity contribution in [2.24, 2.45) is 0 Å². The average molecular weight is 308 g/mol. The summed E-state index contributed by atoms with van der Waals surface area (Å²) in [5.74, 6) is -0.504. The molecule has 21 heavy (non-hydrogen) atoms. The lowest BCUT2D eigenvalue weighted by Gasteiger charge is -2.32. The van der Waals surface area contributed by atoms with Crippen LogP contribution in [0.4, 0.5) is 10.1 Å². The molecular formula is C15H15ClFN3O. The number of aliphatic hydroxyl groups is 1. The minimum atomic E-state index is -0.504. The maximum Gasteiger partial charge on any atom is 0.223 e. The van der Waals surface area contributed by atoms with Gasteiger partial charge in [-0.25, -0.2) is 14.4 Å². The molecule has 4 nitrogen and oxygen atoms in total. The minimum absolute atomic E-state index is 0.0187. The fraction of sp³-hybridized carbons (Fsp3) is 0.333. The summed E-state index contributed by atoms with van der Waals surface area (Å²) in [6.45, 7) is 1.48. The van der Waals surface area contributed by atoms with E-state index in [2.05, 4.69) is 14.9 Å². The highest BCUT2D eigenvalue weighted by Gasteiger charge is 2.18. The molecule has 6 heteroatoms. The van der Waals surface area contributed by atoms with Crippen molar-refractivity contribution in [2.75, 3.05) is 18.0 Å². The van der Waals surface area contributed by atoms with Crippen LogP contribution in [-0.4, -0.2) is 34.3 Å². The summed E-state index contributed by atoms with van der Waals surface area (Å²) in [7, 11) is 0. The summed E-state index contributed by atoms with van der Waals surface area (Å²) in [5, 5.41) is 9.79. The normalized spacial score (nSPS) is 18.8. The number of β-amino-alcohol motifs (C(OH)–C–C–N with tert-alkyl or cyclic N) is 1. The second kappa shape index (κ2) is 5.95. The molecule has 0 unspecified atom stereocenters. The van der Waals surface area contributed by atoms with E-state index in [0.29, 0.717) is 12.1 Å². The molecule has 0 saturated carbocycles. The number of rotatable bonds is 2. The summed E-state index contributed by atoms with van der Waals surface area (Å²) in [6.07, 6.45) is 2.53. The Morgan fingerprint density at radius 2 is 2.24 bits per heavy atom. The van der Waals surface area contributed by atoms with E-state index in [1.807, 2.05) is 18.2 Å². The zero-order valence-corrected chi connectivity index (χ0v) is 12.1. The maximum atomic E-state index is 13.9. The number of benzene rings is 1. The van der Waals surface area contributed by atoms with Crippen molar-refractivity contribution < 1.29 is 9.50 Å². The van der Waals surface area contributed by atoms with E-state index in [0.717, 1.165) is 31.3 Å². The Labute approximate surface area is 127 Å². The van der Waals surface area contributed by atoms with Gasteiger partial charge in [0.05, 0.1) is 12.3 Å². The molecular weight excluding hydrogens is 293 g/mol. The highest BCUT2D eigenvalue weighted by molar-refractivity contribution is 6.28. The van der Waals surface area contributed by atoms with Crippen molar-refractivity contribution in [3.8, 4) is 11.3 Å². The number of nitrogens with zero attached hydrogens (tertiary/aromatic N) is 3. The van der Waals surface area contributed by atoms with Crippen LogP contribution in [0.3, 0.4) is 0 Å². The lowest BCUT2D eigenvalue weighted by molar-refractivity contribution is 0.154. The van der Waals surface area contributed by atoms with Gasteiger partial charge in [0.15, 0.2) is 5.82 Å². The van der Waals surface area contributed by atoms with E-state index in [9.17, 15) is 9.50 Å². The first kappa shape index (κ1) is 14.2. The van der Waals surface area contributed by atoms with Crippen LogP contribution in [0.15, 0.2) is 30.5 Å². The SMILES string of the molecule is O[C@H]1CCCN(c2cccc(-c3nc(Cl)ncc3F)c2)C1. The standard InChI is InChI=1S/C15H15ClFN3O/c16-15-18-8-13(17)14(19-15)10-3-1-4-11(7-10)20-6-2-5-12(21)9-20/h1,3-4,7-8,12,21H,2,5-6,9H2/t12-/m0/s1. The van der Waals surface area contributed by atoms with Gasteiger partial charge in [0.25, 0.3) is 0 Å². The predicted molar refractivity (Wildman–Crippen MR) is 79.9 cm³/mol. The lowest BCUT2D eigenvalue weighted by atomic mass is 10.1. The second-order valence-corrected chi connectivity index (χ2v) is 5.47. The Kier molecular flexibility index (Phi) is 4.03. The van der Waals surface area contributed by atoms with Gasteiger partial charge in [0.2, 0.25) is 5.28 Å². The van der Waals surface area contributed by atoms with E-state index in [1.165, 1.54) is 0 Å². The van der Waals surface area contributed by atoms with Gasteiger partial charge in [-0.1, -0.05) is 12.1 Å². The van der Waals surface area contributed by atoms with E-state index in [-0.39, 0.29) is 17.1 Å². The fourth-order valence-corrected chi connectivity index (χ4v) is 2.72. The maximum absolute atomic E-state index is 13.9. The van der Waals surface area contributed by atoms with Gasteiger partial charge in [-0.15, -0.1) is 0 Å². The van der Waals surface area contributed by atoms with Crippen LogP contribution in [0.1, 0.15) is 12.8 Å². The molecule has 1 atom stereocenters. The molecule has 2 heterocycles. The molecule has 0 radical (unpaired) electrons. The minimum Gasteiger partial charge on any atom is -0.391 e. The molecule has 1 aliphatic rings. The summed E-state index contributed by atoms with van der Waals surface area (Å²) in [6, 6.07) is 7.44. The summed E-state index contributed by atoms with van der Waals surface area (Å²) in [5.41, 5.74) is 1.78. The first-order valence-corrected chi connectivity index (χ1v) is 7.23. The third kappa shape index (κ3) is 3.14. The van der Waals surface area contributed by atoms with Crippen LogP contribution < -0.4 is 4.90 Å². The summed E-state index contributed by atoms with van der Waals surface area (Å²) in [4.78, 5) is 9.67. The Hall–Kier alpha value is -1.72. The summed E-state index contributed by atoms with van der Waals surface area (Å²) >= 11 is 5.74. The van der Waals surface area contributed by atoms with Crippen LogP contribution in [0.25, 0.3) is 11.3 Å². The number of piperidine rings is 1. The van der Waals surface area contributed by atoms with E-state index in [4.69, 9.17) is 11.6 Å². The number of anilines is 1. The van der Waals surface area contributed by atoms with Gasteiger partial charge in [-0.2, -0.15) is 0 Å². The van der Waals surface area contributed by atoms with Crippen molar-refractivity contribution in [2.45, 2.75) is 18.9 Å². The molecule has 1 N–H and O–H groups in total. The number of aliphatic hydroxyl groups excluding tert-OH is 1. The van der Waals surface area contributed by atoms with Crippen molar-refractivity contribution >= 4 is 17.3 Å². The van der Waals surface area contributed by atoms with Crippen molar-refractivity contribution in [3.05, 3.63) is 41.6 Å².